The second kappa shape index (κ2) is 67.9. The third-order valence-corrected chi connectivity index (χ3v) is 15.8. The highest BCUT2D eigenvalue weighted by atomic mass is 16.6. The zero-order valence-electron chi connectivity index (χ0n) is 53.2. The maximum atomic E-state index is 12.9. The average molecular weight is 1110 g/mol. The third-order valence-electron chi connectivity index (χ3n) is 15.8. The van der Waals surface area contributed by atoms with Gasteiger partial charge >= 0.3 is 17.9 Å². The van der Waals surface area contributed by atoms with E-state index in [9.17, 15) is 14.4 Å². The molecule has 0 aliphatic heterocycles. The van der Waals surface area contributed by atoms with Crippen molar-refractivity contribution < 1.29 is 28.6 Å². The van der Waals surface area contributed by atoms with Crippen LogP contribution in [-0.2, 0) is 28.6 Å². The topological polar surface area (TPSA) is 78.9 Å². The van der Waals surface area contributed by atoms with Crippen LogP contribution in [0.15, 0.2) is 48.6 Å². The van der Waals surface area contributed by atoms with E-state index in [-0.39, 0.29) is 31.1 Å². The molecule has 0 saturated carbocycles. The molecule has 0 aromatic heterocycles. The fourth-order valence-electron chi connectivity index (χ4n) is 10.5. The molecule has 462 valence electrons. The van der Waals surface area contributed by atoms with Crippen LogP contribution in [0.5, 0.6) is 0 Å². The molecule has 1 atom stereocenters. The van der Waals surface area contributed by atoms with Crippen LogP contribution < -0.4 is 0 Å². The van der Waals surface area contributed by atoms with E-state index in [4.69, 9.17) is 14.2 Å². The predicted octanol–water partition coefficient (Wildman–Crippen LogP) is 24.1. The van der Waals surface area contributed by atoms with Crippen LogP contribution in [-0.4, -0.2) is 37.2 Å². The van der Waals surface area contributed by atoms with Crippen LogP contribution in [0.3, 0.4) is 0 Å². The van der Waals surface area contributed by atoms with Gasteiger partial charge in [0.2, 0.25) is 0 Å². The number of carbonyl (C=O) groups is 3. The summed E-state index contributed by atoms with van der Waals surface area (Å²) in [5.74, 6) is -0.880. The minimum atomic E-state index is -0.783. The number of rotatable bonds is 65. The van der Waals surface area contributed by atoms with Crippen molar-refractivity contribution in [1.29, 1.82) is 0 Å². The molecule has 1 unspecified atom stereocenters. The fourth-order valence-corrected chi connectivity index (χ4v) is 10.5. The first-order valence-electron chi connectivity index (χ1n) is 35.1. The second-order valence-electron chi connectivity index (χ2n) is 23.8. The summed E-state index contributed by atoms with van der Waals surface area (Å²) in [5, 5.41) is 0. The molecule has 0 N–H and O–H groups in total. The zero-order valence-corrected chi connectivity index (χ0v) is 53.2. The summed E-state index contributed by atoms with van der Waals surface area (Å²) in [4.78, 5) is 38.3. The average Bonchev–Trinajstić information content (AvgIpc) is 3.45. The second-order valence-corrected chi connectivity index (χ2v) is 23.8. The van der Waals surface area contributed by atoms with Crippen LogP contribution in [0.1, 0.15) is 380 Å². The summed E-state index contributed by atoms with van der Waals surface area (Å²) in [6.45, 7) is 6.62. The van der Waals surface area contributed by atoms with Crippen LogP contribution in [0.2, 0.25) is 0 Å². The summed E-state index contributed by atoms with van der Waals surface area (Å²) >= 11 is 0. The smallest absolute Gasteiger partial charge is 0.306 e. The molecular formula is C73H134O6. The minimum Gasteiger partial charge on any atom is -0.462 e. The van der Waals surface area contributed by atoms with Crippen molar-refractivity contribution in [3.8, 4) is 0 Å². The molecule has 0 aliphatic carbocycles. The van der Waals surface area contributed by atoms with Gasteiger partial charge in [-0.3, -0.25) is 14.4 Å². The summed E-state index contributed by atoms with van der Waals surface area (Å²) < 4.78 is 16.9. The van der Waals surface area contributed by atoms with Crippen molar-refractivity contribution in [2.45, 2.75) is 386 Å². The van der Waals surface area contributed by atoms with Crippen molar-refractivity contribution in [1.82, 2.24) is 0 Å². The van der Waals surface area contributed by atoms with E-state index < -0.39 is 6.10 Å². The normalized spacial score (nSPS) is 12.3. The van der Waals surface area contributed by atoms with Crippen molar-refractivity contribution >= 4 is 17.9 Å². The van der Waals surface area contributed by atoms with Gasteiger partial charge in [0.25, 0.3) is 0 Å². The van der Waals surface area contributed by atoms with E-state index in [0.29, 0.717) is 19.3 Å². The van der Waals surface area contributed by atoms with Crippen LogP contribution in [0.25, 0.3) is 0 Å². The quantitative estimate of drug-likeness (QED) is 0.0261. The molecule has 0 aromatic carbocycles. The number of unbranched alkanes of at least 4 members (excludes halogenated alkanes) is 46. The lowest BCUT2D eigenvalue weighted by Gasteiger charge is -2.18. The van der Waals surface area contributed by atoms with Gasteiger partial charge in [0.05, 0.1) is 0 Å². The number of ether oxygens (including phenoxy) is 3. The highest BCUT2D eigenvalue weighted by molar-refractivity contribution is 5.71. The van der Waals surface area contributed by atoms with Gasteiger partial charge in [-0.2, -0.15) is 0 Å². The Kier molecular flexibility index (Phi) is 65.6. The first-order chi connectivity index (χ1) is 39.0. The van der Waals surface area contributed by atoms with Crippen molar-refractivity contribution in [2.24, 2.45) is 0 Å². The van der Waals surface area contributed by atoms with Crippen molar-refractivity contribution in [3.05, 3.63) is 48.6 Å². The number of hydrogen-bond donors (Lipinski definition) is 0. The Morgan fingerprint density at radius 2 is 0.468 bits per heavy atom. The molecule has 0 spiro atoms. The van der Waals surface area contributed by atoms with Gasteiger partial charge in [-0.1, -0.05) is 313 Å². The van der Waals surface area contributed by atoms with E-state index in [1.165, 1.54) is 250 Å². The van der Waals surface area contributed by atoms with E-state index in [0.717, 1.165) is 89.9 Å². The monoisotopic (exact) mass is 1110 g/mol. The van der Waals surface area contributed by atoms with Gasteiger partial charge in [-0.25, -0.2) is 0 Å². The molecule has 6 heteroatoms. The summed E-state index contributed by atoms with van der Waals surface area (Å²) in [6.07, 6.45) is 85.9. The molecule has 0 rings (SSSR count). The molecule has 0 heterocycles. The first kappa shape index (κ1) is 76.4. The lowest BCUT2D eigenvalue weighted by molar-refractivity contribution is -0.167. The molecule has 0 radical (unpaired) electrons. The maximum Gasteiger partial charge on any atom is 0.306 e. The number of hydrogen-bond acceptors (Lipinski definition) is 6. The molecule has 0 aromatic rings. The molecule has 0 aliphatic rings. The Morgan fingerprint density at radius 1 is 0.253 bits per heavy atom. The number of esters is 3. The Bertz CT molecular complexity index is 1360. The van der Waals surface area contributed by atoms with Gasteiger partial charge < -0.3 is 14.2 Å². The van der Waals surface area contributed by atoms with Gasteiger partial charge in [0.15, 0.2) is 6.10 Å². The van der Waals surface area contributed by atoms with Gasteiger partial charge in [0.1, 0.15) is 13.2 Å². The fraction of sp³-hybridized carbons (Fsp3) is 0.849. The summed E-state index contributed by atoms with van der Waals surface area (Å²) in [6, 6.07) is 0. The standard InChI is InChI=1S/C73H134O6/c1-4-7-10-13-16-19-22-25-28-29-30-31-32-33-34-35-36-37-38-39-40-41-42-43-44-45-46-49-51-54-57-60-63-66-72(75)78-69-70(79-73(76)67-64-61-58-55-52-48-27-24-21-18-15-12-9-6-3)68-77-71(74)65-62-59-56-53-50-47-26-23-20-17-14-11-8-5-2/h15,18,23-24,26-27,29-30,70H,4-14,16-17,19-22,25,28,31-69H2,1-3H3/b18-15-,26-23-,27-24-,30-29-. The van der Waals surface area contributed by atoms with Crippen LogP contribution in [0.4, 0.5) is 0 Å². The Balaban J connectivity index is 4.09. The molecule has 79 heavy (non-hydrogen) atoms. The van der Waals surface area contributed by atoms with E-state index in [2.05, 4.69) is 69.4 Å². The Morgan fingerprint density at radius 3 is 0.747 bits per heavy atom. The van der Waals surface area contributed by atoms with Crippen molar-refractivity contribution in [2.75, 3.05) is 13.2 Å². The SMILES string of the molecule is CCCC/C=C\C/C=C\CCCCCCCC(=O)OC(COC(=O)CCCCCCC/C=C\CCCCCCC)COC(=O)CCCCCCCCCCCCCCCCCCCCCCC/C=C\CCCCCCCCCC. The number of carbonyl (C=O) groups excluding carboxylic acids is 3. The Hall–Kier alpha value is -2.63. The van der Waals surface area contributed by atoms with E-state index in [1.54, 1.807) is 0 Å². The van der Waals surface area contributed by atoms with Gasteiger partial charge in [-0.05, 0) is 96.3 Å². The molecule has 0 fully saturated rings. The minimum absolute atomic E-state index is 0.0779. The molecule has 0 saturated heterocycles. The van der Waals surface area contributed by atoms with Gasteiger partial charge in [-0.15, -0.1) is 0 Å². The molecule has 0 amide bonds. The first-order valence-corrected chi connectivity index (χ1v) is 35.1. The lowest BCUT2D eigenvalue weighted by Crippen LogP contribution is -2.30. The van der Waals surface area contributed by atoms with Crippen LogP contribution in [0, 0.1) is 0 Å². The predicted molar refractivity (Wildman–Crippen MR) is 344 cm³/mol. The summed E-state index contributed by atoms with van der Waals surface area (Å²) in [5.41, 5.74) is 0. The zero-order chi connectivity index (χ0) is 57.1. The van der Waals surface area contributed by atoms with Crippen molar-refractivity contribution in [3.63, 3.8) is 0 Å². The Labute approximate surface area is 492 Å². The summed E-state index contributed by atoms with van der Waals surface area (Å²) in [7, 11) is 0. The van der Waals surface area contributed by atoms with E-state index >= 15 is 0 Å². The lowest BCUT2D eigenvalue weighted by atomic mass is 10.0. The largest absolute Gasteiger partial charge is 0.462 e. The number of allylic oxidation sites excluding steroid dienone is 8. The molecule has 0 bridgehead atoms. The van der Waals surface area contributed by atoms with E-state index in [1.807, 2.05) is 0 Å². The maximum absolute atomic E-state index is 12.9. The highest BCUT2D eigenvalue weighted by Crippen LogP contribution is 2.18. The molecule has 6 nitrogen and oxygen atoms in total. The highest BCUT2D eigenvalue weighted by Gasteiger charge is 2.19. The van der Waals surface area contributed by atoms with Crippen LogP contribution >= 0.6 is 0 Å². The van der Waals surface area contributed by atoms with Gasteiger partial charge in [0, 0.05) is 19.3 Å². The molecular weight excluding hydrogens is 973 g/mol. The third kappa shape index (κ3) is 66.1.